The van der Waals surface area contributed by atoms with Crippen molar-refractivity contribution in [2.45, 2.75) is 13.5 Å². The molecule has 0 unspecified atom stereocenters. The molecule has 0 aliphatic carbocycles. The molecule has 182 valence electrons. The van der Waals surface area contributed by atoms with Crippen LogP contribution in [0.15, 0.2) is 76.8 Å². The Labute approximate surface area is 213 Å². The maximum absolute atomic E-state index is 12.5. The fourth-order valence-corrected chi connectivity index (χ4v) is 3.68. The molecule has 0 atom stereocenters. The number of hydrogen-bond donors (Lipinski definition) is 1. The first kappa shape index (κ1) is 25.8. The topological polar surface area (TPSA) is 78.4 Å². The van der Waals surface area contributed by atoms with Gasteiger partial charge in [-0.05, 0) is 64.3 Å². The Bertz CT molecular complexity index is 1210. The Morgan fingerprint density at radius 3 is 2.43 bits per heavy atom. The Hall–Kier alpha value is -3.78. The van der Waals surface area contributed by atoms with E-state index >= 15 is 0 Å². The first-order chi connectivity index (χ1) is 16.9. The van der Waals surface area contributed by atoms with E-state index in [1.165, 1.54) is 18.9 Å². The van der Waals surface area contributed by atoms with Gasteiger partial charge in [0.15, 0.2) is 23.0 Å². The number of carbonyl (C=O) groups excluding carboxylic acids is 1. The van der Waals surface area contributed by atoms with Crippen molar-refractivity contribution in [1.29, 1.82) is 0 Å². The van der Waals surface area contributed by atoms with Gasteiger partial charge in [0.25, 0.3) is 5.91 Å². The Morgan fingerprint density at radius 2 is 1.74 bits per heavy atom. The van der Waals surface area contributed by atoms with Crippen LogP contribution in [-0.4, -0.2) is 32.9 Å². The van der Waals surface area contributed by atoms with E-state index in [4.69, 9.17) is 18.9 Å². The van der Waals surface area contributed by atoms with E-state index in [0.717, 1.165) is 5.56 Å². The van der Waals surface area contributed by atoms with Crippen LogP contribution in [0.3, 0.4) is 0 Å². The minimum absolute atomic E-state index is 0.334. The molecule has 0 saturated heterocycles. The van der Waals surface area contributed by atoms with Gasteiger partial charge in [-0.1, -0.05) is 42.5 Å². The first-order valence-electron chi connectivity index (χ1n) is 10.8. The molecule has 0 aromatic heterocycles. The van der Waals surface area contributed by atoms with Gasteiger partial charge in [0.05, 0.1) is 24.9 Å². The zero-order valence-corrected chi connectivity index (χ0v) is 21.4. The highest BCUT2D eigenvalue weighted by Gasteiger charge is 2.13. The number of nitrogens with zero attached hydrogens (tertiary/aromatic N) is 1. The van der Waals surface area contributed by atoms with Crippen LogP contribution in [0.25, 0.3) is 0 Å². The molecule has 8 heteroatoms. The number of halogens is 1. The molecule has 3 aromatic carbocycles. The summed E-state index contributed by atoms with van der Waals surface area (Å²) in [5.74, 6) is 1.70. The van der Waals surface area contributed by atoms with Gasteiger partial charge in [-0.3, -0.25) is 4.79 Å². The normalized spacial score (nSPS) is 10.6. The van der Waals surface area contributed by atoms with Crippen LogP contribution in [0.5, 0.6) is 23.0 Å². The SMILES string of the molecule is C=CCOc1ccc(C(=O)N/N=C/c2cc(Br)c(OCc3ccc(C)cc3)c(OC)c2)cc1OC. The fraction of sp³-hybridized carbons (Fsp3) is 0.185. The molecule has 1 amide bonds. The molecule has 0 fully saturated rings. The molecule has 0 heterocycles. The number of methoxy groups -OCH3 is 2. The van der Waals surface area contributed by atoms with Gasteiger partial charge < -0.3 is 18.9 Å². The molecule has 1 N–H and O–H groups in total. The van der Waals surface area contributed by atoms with E-state index in [9.17, 15) is 4.79 Å². The summed E-state index contributed by atoms with van der Waals surface area (Å²) in [6, 6.07) is 16.6. The number of amides is 1. The number of aryl methyl sites for hydroxylation is 1. The molecular weight excluding hydrogens is 512 g/mol. The zero-order valence-electron chi connectivity index (χ0n) is 19.8. The average Bonchev–Trinajstić information content (AvgIpc) is 2.87. The Morgan fingerprint density at radius 1 is 1.00 bits per heavy atom. The molecular formula is C27H27BrN2O5. The lowest BCUT2D eigenvalue weighted by atomic mass is 10.1. The van der Waals surface area contributed by atoms with Crippen LogP contribution in [0.2, 0.25) is 0 Å². The Balaban J connectivity index is 1.67. The smallest absolute Gasteiger partial charge is 0.271 e. The van der Waals surface area contributed by atoms with E-state index in [2.05, 4.69) is 33.0 Å². The van der Waals surface area contributed by atoms with Crippen LogP contribution >= 0.6 is 15.9 Å². The summed E-state index contributed by atoms with van der Waals surface area (Å²) in [5, 5.41) is 4.07. The third-order valence-corrected chi connectivity index (χ3v) is 5.51. The van der Waals surface area contributed by atoms with Gasteiger partial charge >= 0.3 is 0 Å². The molecule has 3 rings (SSSR count). The lowest BCUT2D eigenvalue weighted by Crippen LogP contribution is -2.17. The predicted molar refractivity (Wildman–Crippen MR) is 140 cm³/mol. The number of nitrogens with one attached hydrogen (secondary N) is 1. The maximum atomic E-state index is 12.5. The molecule has 3 aromatic rings. The standard InChI is InChI=1S/C27H27BrN2O5/c1-5-12-34-23-11-10-21(15-24(23)32-3)27(31)30-29-16-20-13-22(28)26(25(14-20)33-4)35-17-19-8-6-18(2)7-9-19/h5-11,13-16H,1,12,17H2,2-4H3,(H,30,31)/b29-16+. The van der Waals surface area contributed by atoms with Crippen molar-refractivity contribution < 1.29 is 23.7 Å². The lowest BCUT2D eigenvalue weighted by Gasteiger charge is -2.13. The number of carbonyl (C=O) groups is 1. The largest absolute Gasteiger partial charge is 0.493 e. The minimum Gasteiger partial charge on any atom is -0.493 e. The molecule has 35 heavy (non-hydrogen) atoms. The van der Waals surface area contributed by atoms with Gasteiger partial charge in [-0.15, -0.1) is 0 Å². The van der Waals surface area contributed by atoms with Crippen LogP contribution < -0.4 is 24.4 Å². The van der Waals surface area contributed by atoms with Gasteiger partial charge in [0.2, 0.25) is 0 Å². The van der Waals surface area contributed by atoms with Crippen molar-refractivity contribution in [2.24, 2.45) is 5.10 Å². The summed E-state index contributed by atoms with van der Waals surface area (Å²) in [5.41, 5.74) is 5.85. The number of benzene rings is 3. The summed E-state index contributed by atoms with van der Waals surface area (Å²) in [6.07, 6.45) is 3.15. The second-order valence-electron chi connectivity index (χ2n) is 7.47. The number of ether oxygens (including phenoxy) is 4. The van der Waals surface area contributed by atoms with Gasteiger partial charge in [0.1, 0.15) is 13.2 Å². The van der Waals surface area contributed by atoms with E-state index in [1.54, 1.807) is 37.5 Å². The zero-order chi connectivity index (χ0) is 25.2. The van der Waals surface area contributed by atoms with Crippen molar-refractivity contribution in [3.63, 3.8) is 0 Å². The van der Waals surface area contributed by atoms with Crippen LogP contribution in [0, 0.1) is 6.92 Å². The second kappa shape index (κ2) is 12.6. The molecule has 7 nitrogen and oxygen atoms in total. The highest BCUT2D eigenvalue weighted by Crippen LogP contribution is 2.37. The average molecular weight is 539 g/mol. The van der Waals surface area contributed by atoms with E-state index in [1.807, 2.05) is 37.3 Å². The van der Waals surface area contributed by atoms with Crippen molar-refractivity contribution in [1.82, 2.24) is 5.43 Å². The van der Waals surface area contributed by atoms with Crippen molar-refractivity contribution >= 4 is 28.1 Å². The van der Waals surface area contributed by atoms with E-state index in [0.29, 0.717) is 51.8 Å². The maximum Gasteiger partial charge on any atom is 0.271 e. The third-order valence-electron chi connectivity index (χ3n) is 4.92. The molecule has 0 spiro atoms. The van der Waals surface area contributed by atoms with E-state index in [-0.39, 0.29) is 5.91 Å². The molecule has 0 radical (unpaired) electrons. The highest BCUT2D eigenvalue weighted by molar-refractivity contribution is 9.10. The minimum atomic E-state index is -0.390. The molecule has 0 aliphatic rings. The summed E-state index contributed by atoms with van der Waals surface area (Å²) in [4.78, 5) is 12.5. The summed E-state index contributed by atoms with van der Waals surface area (Å²) in [7, 11) is 3.08. The van der Waals surface area contributed by atoms with Gasteiger partial charge in [-0.2, -0.15) is 5.10 Å². The van der Waals surface area contributed by atoms with Crippen molar-refractivity contribution in [2.75, 3.05) is 20.8 Å². The number of hydrogen-bond acceptors (Lipinski definition) is 6. The first-order valence-corrected chi connectivity index (χ1v) is 11.6. The molecule has 0 saturated carbocycles. The molecule has 0 bridgehead atoms. The van der Waals surface area contributed by atoms with Gasteiger partial charge in [-0.25, -0.2) is 5.43 Å². The van der Waals surface area contributed by atoms with Crippen molar-refractivity contribution in [3.05, 3.63) is 94.0 Å². The number of hydrazone groups is 1. The quantitative estimate of drug-likeness (QED) is 0.193. The second-order valence-corrected chi connectivity index (χ2v) is 8.33. The summed E-state index contributed by atoms with van der Waals surface area (Å²) in [6.45, 7) is 6.40. The third kappa shape index (κ3) is 7.10. The fourth-order valence-electron chi connectivity index (χ4n) is 3.10. The summed E-state index contributed by atoms with van der Waals surface area (Å²) < 4.78 is 23.0. The van der Waals surface area contributed by atoms with Gasteiger partial charge in [0, 0.05) is 5.56 Å². The lowest BCUT2D eigenvalue weighted by molar-refractivity contribution is 0.0954. The van der Waals surface area contributed by atoms with Crippen LogP contribution in [0.1, 0.15) is 27.0 Å². The predicted octanol–water partition coefficient (Wildman–Crippen LogP) is 5.68. The summed E-state index contributed by atoms with van der Waals surface area (Å²) >= 11 is 3.54. The van der Waals surface area contributed by atoms with Crippen LogP contribution in [0.4, 0.5) is 0 Å². The Kier molecular flexibility index (Phi) is 9.31. The monoisotopic (exact) mass is 538 g/mol. The van der Waals surface area contributed by atoms with Crippen LogP contribution in [-0.2, 0) is 6.61 Å². The van der Waals surface area contributed by atoms with Crippen molar-refractivity contribution in [3.8, 4) is 23.0 Å². The number of rotatable bonds is 11. The van der Waals surface area contributed by atoms with E-state index < -0.39 is 0 Å². The molecule has 0 aliphatic heterocycles. The highest BCUT2D eigenvalue weighted by atomic mass is 79.9.